The molecular weight excluding hydrogens is 196 g/mol. The van der Waals surface area contributed by atoms with Crippen LogP contribution in [-0.2, 0) is 0 Å². The normalized spacial score (nSPS) is 9.75. The molecule has 2 heteroatoms. The molecule has 16 heavy (non-hydrogen) atoms. The molecule has 2 nitrogen and oxygen atoms in total. The molecule has 2 aromatic rings. The zero-order chi connectivity index (χ0) is 11.5. The second-order valence-corrected chi connectivity index (χ2v) is 3.68. The fourth-order valence-electron chi connectivity index (χ4n) is 1.73. The number of benzene rings is 2. The lowest BCUT2D eigenvalue weighted by atomic mass is 9.96. The van der Waals surface area contributed by atoms with Gasteiger partial charge in [-0.2, -0.15) is 5.26 Å². The van der Waals surface area contributed by atoms with E-state index in [4.69, 9.17) is 5.73 Å². The van der Waals surface area contributed by atoms with Crippen LogP contribution in [0.2, 0.25) is 0 Å². The summed E-state index contributed by atoms with van der Waals surface area (Å²) in [6.45, 7) is 1.88. The van der Waals surface area contributed by atoms with Crippen molar-refractivity contribution in [1.29, 1.82) is 5.26 Å². The van der Waals surface area contributed by atoms with Gasteiger partial charge in [-0.15, -0.1) is 0 Å². The van der Waals surface area contributed by atoms with Gasteiger partial charge in [0, 0.05) is 5.69 Å². The van der Waals surface area contributed by atoms with Crippen LogP contribution in [0.1, 0.15) is 11.1 Å². The Kier molecular flexibility index (Phi) is 2.61. The summed E-state index contributed by atoms with van der Waals surface area (Å²) in [4.78, 5) is 0. The molecule has 0 aromatic heterocycles. The van der Waals surface area contributed by atoms with E-state index >= 15 is 0 Å². The largest absolute Gasteiger partial charge is 0.398 e. The Morgan fingerprint density at radius 3 is 2.38 bits per heavy atom. The lowest BCUT2D eigenvalue weighted by Crippen LogP contribution is -1.95. The zero-order valence-corrected chi connectivity index (χ0v) is 9.07. The van der Waals surface area contributed by atoms with E-state index < -0.39 is 0 Å². The van der Waals surface area contributed by atoms with Crippen molar-refractivity contribution >= 4 is 5.69 Å². The van der Waals surface area contributed by atoms with E-state index in [1.807, 2.05) is 49.4 Å². The van der Waals surface area contributed by atoms with Gasteiger partial charge < -0.3 is 5.73 Å². The SMILES string of the molecule is Cc1c(N)ccc(-c2ccccc2)c1C#N. The topological polar surface area (TPSA) is 49.8 Å². The van der Waals surface area contributed by atoms with E-state index in [9.17, 15) is 5.26 Å². The van der Waals surface area contributed by atoms with Crippen LogP contribution in [0.15, 0.2) is 42.5 Å². The summed E-state index contributed by atoms with van der Waals surface area (Å²) in [5.74, 6) is 0. The van der Waals surface area contributed by atoms with E-state index in [0.29, 0.717) is 11.3 Å². The minimum absolute atomic E-state index is 0.659. The molecule has 0 aliphatic carbocycles. The maximum Gasteiger partial charge on any atom is 0.100 e. The fourth-order valence-corrected chi connectivity index (χ4v) is 1.73. The molecule has 0 atom stereocenters. The first-order chi connectivity index (χ1) is 7.74. The predicted octanol–water partition coefficient (Wildman–Crippen LogP) is 3.12. The van der Waals surface area contributed by atoms with Gasteiger partial charge in [-0.3, -0.25) is 0 Å². The Bertz CT molecular complexity index is 551. The van der Waals surface area contributed by atoms with Crippen LogP contribution >= 0.6 is 0 Å². The van der Waals surface area contributed by atoms with Crippen molar-refractivity contribution in [3.05, 3.63) is 53.6 Å². The van der Waals surface area contributed by atoms with Crippen LogP contribution in [0.4, 0.5) is 5.69 Å². The third kappa shape index (κ3) is 1.64. The lowest BCUT2D eigenvalue weighted by Gasteiger charge is -2.08. The molecule has 0 amide bonds. The monoisotopic (exact) mass is 208 g/mol. The molecule has 0 saturated heterocycles. The molecule has 2 aromatic carbocycles. The van der Waals surface area contributed by atoms with Gasteiger partial charge in [0.25, 0.3) is 0 Å². The Balaban J connectivity index is 2.68. The average molecular weight is 208 g/mol. The Morgan fingerprint density at radius 1 is 1.06 bits per heavy atom. The van der Waals surface area contributed by atoms with Gasteiger partial charge >= 0.3 is 0 Å². The molecule has 0 bridgehead atoms. The van der Waals surface area contributed by atoms with Crippen molar-refractivity contribution in [2.75, 3.05) is 5.73 Å². The number of rotatable bonds is 1. The number of anilines is 1. The first-order valence-corrected chi connectivity index (χ1v) is 5.08. The van der Waals surface area contributed by atoms with Crippen molar-refractivity contribution < 1.29 is 0 Å². The first-order valence-electron chi connectivity index (χ1n) is 5.08. The van der Waals surface area contributed by atoms with E-state index in [0.717, 1.165) is 16.7 Å². The molecule has 0 unspecified atom stereocenters. The third-order valence-corrected chi connectivity index (χ3v) is 2.70. The van der Waals surface area contributed by atoms with Gasteiger partial charge in [-0.05, 0) is 29.7 Å². The Labute approximate surface area is 95.0 Å². The van der Waals surface area contributed by atoms with Crippen molar-refractivity contribution in [3.8, 4) is 17.2 Å². The number of hydrogen-bond acceptors (Lipinski definition) is 2. The summed E-state index contributed by atoms with van der Waals surface area (Å²) in [5.41, 5.74) is 9.95. The highest BCUT2D eigenvalue weighted by Gasteiger charge is 2.09. The molecule has 0 radical (unpaired) electrons. The molecule has 2 rings (SSSR count). The molecule has 0 heterocycles. The average Bonchev–Trinajstić information content (AvgIpc) is 2.33. The summed E-state index contributed by atoms with van der Waals surface area (Å²) in [6, 6.07) is 15.8. The molecule has 2 N–H and O–H groups in total. The van der Waals surface area contributed by atoms with Crippen molar-refractivity contribution in [1.82, 2.24) is 0 Å². The standard InChI is InChI=1S/C14H12N2/c1-10-13(9-15)12(7-8-14(10)16)11-5-3-2-4-6-11/h2-8H,16H2,1H3. The predicted molar refractivity (Wildman–Crippen MR) is 65.7 cm³/mol. The minimum Gasteiger partial charge on any atom is -0.398 e. The molecule has 0 spiro atoms. The first kappa shape index (κ1) is 10.3. The summed E-state index contributed by atoms with van der Waals surface area (Å²) >= 11 is 0. The van der Waals surface area contributed by atoms with Crippen LogP contribution in [0, 0.1) is 18.3 Å². The van der Waals surface area contributed by atoms with Gasteiger partial charge in [0.15, 0.2) is 0 Å². The zero-order valence-electron chi connectivity index (χ0n) is 9.07. The molecule has 0 saturated carbocycles. The summed E-state index contributed by atoms with van der Waals surface area (Å²) in [5, 5.41) is 9.18. The number of nitriles is 1. The quantitative estimate of drug-likeness (QED) is 0.732. The van der Waals surface area contributed by atoms with Crippen LogP contribution in [0.5, 0.6) is 0 Å². The second-order valence-electron chi connectivity index (χ2n) is 3.68. The van der Waals surface area contributed by atoms with Crippen molar-refractivity contribution in [3.63, 3.8) is 0 Å². The summed E-state index contributed by atoms with van der Waals surface area (Å²) < 4.78 is 0. The van der Waals surface area contributed by atoms with Crippen molar-refractivity contribution in [2.24, 2.45) is 0 Å². The summed E-state index contributed by atoms with van der Waals surface area (Å²) in [6.07, 6.45) is 0. The van der Waals surface area contributed by atoms with E-state index in [-0.39, 0.29) is 0 Å². The third-order valence-electron chi connectivity index (χ3n) is 2.70. The molecule has 78 valence electrons. The number of hydrogen-bond donors (Lipinski definition) is 1. The number of nitrogens with two attached hydrogens (primary N) is 1. The lowest BCUT2D eigenvalue weighted by molar-refractivity contribution is 1.39. The van der Waals surface area contributed by atoms with Gasteiger partial charge in [0.05, 0.1) is 5.56 Å². The number of nitrogens with zero attached hydrogens (tertiary/aromatic N) is 1. The highest BCUT2D eigenvalue weighted by Crippen LogP contribution is 2.28. The van der Waals surface area contributed by atoms with Crippen LogP contribution in [-0.4, -0.2) is 0 Å². The smallest absolute Gasteiger partial charge is 0.100 e. The number of nitrogen functional groups attached to an aromatic ring is 1. The van der Waals surface area contributed by atoms with E-state index in [1.54, 1.807) is 0 Å². The van der Waals surface area contributed by atoms with Crippen LogP contribution < -0.4 is 5.73 Å². The molecule has 0 aliphatic rings. The van der Waals surface area contributed by atoms with Crippen molar-refractivity contribution in [2.45, 2.75) is 6.92 Å². The van der Waals surface area contributed by atoms with Gasteiger partial charge in [0.2, 0.25) is 0 Å². The highest BCUT2D eigenvalue weighted by molar-refractivity contribution is 5.75. The molecule has 0 fully saturated rings. The molecule has 0 aliphatic heterocycles. The maximum atomic E-state index is 9.18. The second kappa shape index (κ2) is 4.08. The van der Waals surface area contributed by atoms with Crippen LogP contribution in [0.25, 0.3) is 11.1 Å². The van der Waals surface area contributed by atoms with Gasteiger partial charge in [-0.25, -0.2) is 0 Å². The van der Waals surface area contributed by atoms with E-state index in [2.05, 4.69) is 6.07 Å². The highest BCUT2D eigenvalue weighted by atomic mass is 14.6. The maximum absolute atomic E-state index is 9.18. The minimum atomic E-state index is 0.659. The molecular formula is C14H12N2. The van der Waals surface area contributed by atoms with Gasteiger partial charge in [-0.1, -0.05) is 36.4 Å². The van der Waals surface area contributed by atoms with E-state index in [1.165, 1.54) is 0 Å². The fraction of sp³-hybridized carbons (Fsp3) is 0.0714. The Hall–Kier alpha value is -2.27. The Morgan fingerprint density at radius 2 is 1.75 bits per heavy atom. The van der Waals surface area contributed by atoms with Crippen LogP contribution in [0.3, 0.4) is 0 Å². The van der Waals surface area contributed by atoms with Gasteiger partial charge in [0.1, 0.15) is 6.07 Å². The summed E-state index contributed by atoms with van der Waals surface area (Å²) in [7, 11) is 0.